The van der Waals surface area contributed by atoms with Crippen LogP contribution in [-0.4, -0.2) is 16.9 Å². The summed E-state index contributed by atoms with van der Waals surface area (Å²) in [5.74, 6) is 0.264. The van der Waals surface area contributed by atoms with Crippen LogP contribution in [0.4, 0.5) is 5.69 Å². The van der Waals surface area contributed by atoms with E-state index in [-0.39, 0.29) is 17.6 Å². The van der Waals surface area contributed by atoms with Crippen LogP contribution in [0.15, 0.2) is 41.8 Å². The molecule has 2 rings (SSSR count). The first-order chi connectivity index (χ1) is 8.61. The third-order valence-electron chi connectivity index (χ3n) is 3.15. The van der Waals surface area contributed by atoms with Crippen LogP contribution < -0.4 is 4.90 Å². The standard InChI is InChI=1S/C15H19NO2/c1-11(2)16(12-7-4-3-5-8-12)15-13(17)9-6-10-14(15)18/h3-5,7-8,11,17H,6,9-10H2,1-2H3. The fourth-order valence-corrected chi connectivity index (χ4v) is 2.36. The number of allylic oxidation sites excluding steroid dienone is 2. The minimum Gasteiger partial charge on any atom is -0.510 e. The van der Waals surface area contributed by atoms with Crippen molar-refractivity contribution >= 4 is 11.5 Å². The van der Waals surface area contributed by atoms with E-state index >= 15 is 0 Å². The Kier molecular flexibility index (Phi) is 3.70. The fraction of sp³-hybridized carbons (Fsp3) is 0.400. The molecule has 0 heterocycles. The molecule has 0 fully saturated rings. The van der Waals surface area contributed by atoms with Crippen LogP contribution in [0, 0.1) is 0 Å². The van der Waals surface area contributed by atoms with Gasteiger partial charge in [0.2, 0.25) is 0 Å². The molecule has 0 aliphatic heterocycles. The number of anilines is 1. The van der Waals surface area contributed by atoms with E-state index in [1.807, 2.05) is 49.1 Å². The van der Waals surface area contributed by atoms with Crippen LogP contribution >= 0.6 is 0 Å². The van der Waals surface area contributed by atoms with Crippen LogP contribution in [0.5, 0.6) is 0 Å². The van der Waals surface area contributed by atoms with Crippen LogP contribution in [-0.2, 0) is 4.79 Å². The van der Waals surface area contributed by atoms with Crippen LogP contribution in [0.25, 0.3) is 0 Å². The van der Waals surface area contributed by atoms with Gasteiger partial charge in [-0.3, -0.25) is 4.79 Å². The molecule has 0 saturated carbocycles. The number of carbonyl (C=O) groups is 1. The van der Waals surface area contributed by atoms with E-state index in [2.05, 4.69) is 0 Å². The van der Waals surface area contributed by atoms with Crippen LogP contribution in [0.1, 0.15) is 33.1 Å². The van der Waals surface area contributed by atoms with Crippen LogP contribution in [0.2, 0.25) is 0 Å². The largest absolute Gasteiger partial charge is 0.510 e. The predicted octanol–water partition coefficient (Wildman–Crippen LogP) is 3.42. The first kappa shape index (κ1) is 12.7. The van der Waals surface area contributed by atoms with Gasteiger partial charge in [0.15, 0.2) is 5.78 Å². The van der Waals surface area contributed by atoms with Gasteiger partial charge in [-0.1, -0.05) is 18.2 Å². The lowest BCUT2D eigenvalue weighted by Gasteiger charge is -2.32. The molecule has 1 aromatic carbocycles. The van der Waals surface area contributed by atoms with Gasteiger partial charge in [-0.15, -0.1) is 0 Å². The second-order valence-electron chi connectivity index (χ2n) is 4.87. The summed E-state index contributed by atoms with van der Waals surface area (Å²) < 4.78 is 0. The molecule has 1 aliphatic carbocycles. The van der Waals surface area contributed by atoms with E-state index in [1.165, 1.54) is 0 Å². The number of rotatable bonds is 3. The fourth-order valence-electron chi connectivity index (χ4n) is 2.36. The minimum atomic E-state index is 0.0382. The number of nitrogens with zero attached hydrogens (tertiary/aromatic N) is 1. The highest BCUT2D eigenvalue weighted by Gasteiger charge is 2.28. The summed E-state index contributed by atoms with van der Waals surface area (Å²) in [6, 6.07) is 9.88. The van der Waals surface area contributed by atoms with Gasteiger partial charge in [-0.25, -0.2) is 0 Å². The highest BCUT2D eigenvalue weighted by Crippen LogP contribution is 2.29. The molecule has 1 N–H and O–H groups in total. The number of aliphatic hydroxyl groups is 1. The predicted molar refractivity (Wildman–Crippen MR) is 72.6 cm³/mol. The Labute approximate surface area is 108 Å². The summed E-state index contributed by atoms with van der Waals surface area (Å²) in [6.45, 7) is 4.05. The molecule has 0 radical (unpaired) electrons. The molecular formula is C15H19NO2. The average Bonchev–Trinajstić information content (AvgIpc) is 2.34. The van der Waals surface area contributed by atoms with Crippen molar-refractivity contribution in [2.75, 3.05) is 4.90 Å². The number of benzene rings is 1. The number of Topliss-reactive ketones (excluding diaryl/α,β-unsaturated/α-hetero) is 1. The molecule has 0 bridgehead atoms. The lowest BCUT2D eigenvalue weighted by Crippen LogP contribution is -2.36. The third kappa shape index (κ3) is 2.40. The van der Waals surface area contributed by atoms with Gasteiger partial charge >= 0.3 is 0 Å². The number of para-hydroxylation sites is 1. The van der Waals surface area contributed by atoms with Crippen molar-refractivity contribution in [3.63, 3.8) is 0 Å². The van der Waals surface area contributed by atoms with Crippen molar-refractivity contribution in [1.82, 2.24) is 0 Å². The smallest absolute Gasteiger partial charge is 0.182 e. The molecule has 0 spiro atoms. The molecule has 1 aromatic rings. The average molecular weight is 245 g/mol. The maximum atomic E-state index is 12.1. The van der Waals surface area contributed by atoms with Crippen LogP contribution in [0.3, 0.4) is 0 Å². The Balaban J connectivity index is 2.46. The number of hydrogen-bond donors (Lipinski definition) is 1. The molecule has 0 amide bonds. The third-order valence-corrected chi connectivity index (χ3v) is 3.15. The second kappa shape index (κ2) is 5.25. The molecule has 3 heteroatoms. The Morgan fingerprint density at radius 1 is 1.17 bits per heavy atom. The lowest BCUT2D eigenvalue weighted by atomic mass is 9.99. The summed E-state index contributed by atoms with van der Waals surface area (Å²) in [5.41, 5.74) is 1.42. The lowest BCUT2D eigenvalue weighted by molar-refractivity contribution is -0.116. The van der Waals surface area contributed by atoms with Gasteiger partial charge in [0.25, 0.3) is 0 Å². The topological polar surface area (TPSA) is 40.5 Å². The number of ketones is 1. The van der Waals surface area contributed by atoms with Gasteiger partial charge in [-0.05, 0) is 32.4 Å². The van der Waals surface area contributed by atoms with E-state index in [0.717, 1.165) is 12.1 Å². The molecule has 0 atom stereocenters. The summed E-state index contributed by atoms with van der Waals surface area (Å²) >= 11 is 0. The molecular weight excluding hydrogens is 226 g/mol. The van der Waals surface area contributed by atoms with E-state index in [1.54, 1.807) is 0 Å². The molecule has 0 saturated heterocycles. The zero-order valence-electron chi connectivity index (χ0n) is 10.9. The Bertz CT molecular complexity index is 463. The molecule has 1 aliphatic rings. The number of carbonyl (C=O) groups excluding carboxylic acids is 1. The van der Waals surface area contributed by atoms with Gasteiger partial charge in [0.1, 0.15) is 11.5 Å². The van der Waals surface area contributed by atoms with E-state index in [4.69, 9.17) is 0 Å². The maximum absolute atomic E-state index is 12.1. The monoisotopic (exact) mass is 245 g/mol. The number of aliphatic hydroxyl groups excluding tert-OH is 1. The van der Waals surface area contributed by atoms with Gasteiger partial charge in [0.05, 0.1) is 0 Å². The second-order valence-corrected chi connectivity index (χ2v) is 4.87. The zero-order chi connectivity index (χ0) is 13.1. The maximum Gasteiger partial charge on any atom is 0.182 e. The van der Waals surface area contributed by atoms with Crippen molar-refractivity contribution < 1.29 is 9.90 Å². The Morgan fingerprint density at radius 2 is 1.83 bits per heavy atom. The normalized spacial score (nSPS) is 16.3. The zero-order valence-corrected chi connectivity index (χ0v) is 10.9. The van der Waals surface area contributed by atoms with Gasteiger partial charge < -0.3 is 10.0 Å². The Morgan fingerprint density at radius 3 is 2.39 bits per heavy atom. The molecule has 96 valence electrons. The van der Waals surface area contributed by atoms with Crippen molar-refractivity contribution in [3.05, 3.63) is 41.8 Å². The van der Waals surface area contributed by atoms with Crippen molar-refractivity contribution in [3.8, 4) is 0 Å². The molecule has 0 aromatic heterocycles. The van der Waals surface area contributed by atoms with Gasteiger partial charge in [-0.2, -0.15) is 0 Å². The number of hydrogen-bond acceptors (Lipinski definition) is 3. The summed E-state index contributed by atoms with van der Waals surface area (Å²) in [5, 5.41) is 10.0. The molecule has 0 unspecified atom stereocenters. The van der Waals surface area contributed by atoms with Gasteiger partial charge in [0, 0.05) is 24.6 Å². The van der Waals surface area contributed by atoms with Crippen molar-refractivity contribution in [2.45, 2.75) is 39.2 Å². The van der Waals surface area contributed by atoms with E-state index < -0.39 is 0 Å². The van der Waals surface area contributed by atoms with E-state index in [9.17, 15) is 9.90 Å². The Hall–Kier alpha value is -1.77. The first-order valence-corrected chi connectivity index (χ1v) is 6.41. The summed E-state index contributed by atoms with van der Waals surface area (Å²) in [4.78, 5) is 14.0. The summed E-state index contributed by atoms with van der Waals surface area (Å²) in [6.07, 6.45) is 1.86. The highest BCUT2D eigenvalue weighted by atomic mass is 16.3. The first-order valence-electron chi connectivity index (χ1n) is 6.41. The van der Waals surface area contributed by atoms with Crippen molar-refractivity contribution in [2.24, 2.45) is 0 Å². The SMILES string of the molecule is CC(C)N(C1=C(O)CCCC1=O)c1ccccc1. The molecule has 18 heavy (non-hydrogen) atoms. The van der Waals surface area contributed by atoms with Crippen molar-refractivity contribution in [1.29, 1.82) is 0 Å². The minimum absolute atomic E-state index is 0.0382. The quantitative estimate of drug-likeness (QED) is 0.887. The summed E-state index contributed by atoms with van der Waals surface area (Å²) in [7, 11) is 0. The molecule has 3 nitrogen and oxygen atoms in total. The van der Waals surface area contributed by atoms with E-state index in [0.29, 0.717) is 18.5 Å². The highest BCUT2D eigenvalue weighted by molar-refractivity contribution is 6.00.